The van der Waals surface area contributed by atoms with Crippen LogP contribution >= 0.6 is 0 Å². The normalized spacial score (nSPS) is 22.5. The van der Waals surface area contributed by atoms with Crippen molar-refractivity contribution in [3.63, 3.8) is 0 Å². The maximum Gasteiger partial charge on any atom is 0.130 e. The van der Waals surface area contributed by atoms with E-state index in [2.05, 4.69) is 76.4 Å². The lowest BCUT2D eigenvalue weighted by Crippen LogP contribution is -2.50. The minimum absolute atomic E-state index is 0.269. The third-order valence-electron chi connectivity index (χ3n) is 6.72. The number of Topliss-reactive ketones (excluding diaryl/α,β-unsaturated/α-hetero) is 1. The number of ketones is 1. The van der Waals surface area contributed by atoms with Gasteiger partial charge in [0, 0.05) is 57.9 Å². The van der Waals surface area contributed by atoms with Crippen LogP contribution in [0.4, 0.5) is 0 Å². The monoisotopic (exact) mass is 435 g/mol. The van der Waals surface area contributed by atoms with Crippen LogP contribution in [0.25, 0.3) is 0 Å². The van der Waals surface area contributed by atoms with Crippen molar-refractivity contribution in [1.82, 2.24) is 14.7 Å². The van der Waals surface area contributed by atoms with Gasteiger partial charge >= 0.3 is 0 Å². The van der Waals surface area contributed by atoms with E-state index in [1.807, 2.05) is 6.92 Å². The molecule has 2 heterocycles. The average molecular weight is 436 g/mol. The molecule has 0 radical (unpaired) electrons. The summed E-state index contributed by atoms with van der Waals surface area (Å²) < 4.78 is 0. The molecule has 0 amide bonds. The highest BCUT2D eigenvalue weighted by atomic mass is 16.1. The van der Waals surface area contributed by atoms with E-state index in [4.69, 9.17) is 0 Å². The van der Waals surface area contributed by atoms with Crippen molar-refractivity contribution < 1.29 is 4.79 Å². The first kappa shape index (κ1) is 24.5. The topological polar surface area (TPSA) is 26.8 Å². The van der Waals surface area contributed by atoms with E-state index in [9.17, 15) is 4.79 Å². The van der Waals surface area contributed by atoms with E-state index < -0.39 is 0 Å². The standard InChI is InChI=1S/C28H41N3O/c1-4-5-11-27-22-30(23-28(27)15-14-24(2)32)17-10-16-29-18-20-31(21-19-29)25(3)26-12-8-6-7-9-13-26/h4-6,8-9,11-13,23,25H,7,10,14-22H2,1-3H3/b5-4-,27-11+. The van der Waals surface area contributed by atoms with E-state index in [1.54, 1.807) is 6.92 Å². The van der Waals surface area contributed by atoms with Crippen LogP contribution in [-0.2, 0) is 4.79 Å². The molecule has 1 unspecified atom stereocenters. The average Bonchev–Trinajstić information content (AvgIpc) is 2.98. The van der Waals surface area contributed by atoms with Gasteiger partial charge in [-0.15, -0.1) is 0 Å². The molecule has 0 aromatic carbocycles. The van der Waals surface area contributed by atoms with Crippen LogP contribution in [0.5, 0.6) is 0 Å². The second-order valence-corrected chi connectivity index (χ2v) is 9.18. The van der Waals surface area contributed by atoms with Crippen LogP contribution in [0.3, 0.4) is 0 Å². The number of piperazine rings is 1. The lowest BCUT2D eigenvalue weighted by Gasteiger charge is -2.38. The smallest absolute Gasteiger partial charge is 0.130 e. The largest absolute Gasteiger partial charge is 0.373 e. The van der Waals surface area contributed by atoms with Gasteiger partial charge in [-0.2, -0.15) is 0 Å². The number of nitrogens with zero attached hydrogens (tertiary/aromatic N) is 3. The zero-order valence-corrected chi connectivity index (χ0v) is 20.3. The molecule has 1 fully saturated rings. The molecule has 4 heteroatoms. The van der Waals surface area contributed by atoms with Gasteiger partial charge in [0.25, 0.3) is 0 Å². The van der Waals surface area contributed by atoms with E-state index in [1.165, 1.54) is 23.1 Å². The fourth-order valence-electron chi connectivity index (χ4n) is 4.68. The van der Waals surface area contributed by atoms with Gasteiger partial charge in [-0.25, -0.2) is 0 Å². The molecule has 3 rings (SSSR count). The third kappa shape index (κ3) is 7.46. The summed E-state index contributed by atoms with van der Waals surface area (Å²) in [7, 11) is 0. The summed E-state index contributed by atoms with van der Waals surface area (Å²) >= 11 is 0. The summed E-state index contributed by atoms with van der Waals surface area (Å²) in [5.41, 5.74) is 4.12. The summed E-state index contributed by atoms with van der Waals surface area (Å²) in [6.07, 6.45) is 23.6. The van der Waals surface area contributed by atoms with Gasteiger partial charge in [0.1, 0.15) is 5.78 Å². The number of hydrogen-bond donors (Lipinski definition) is 0. The zero-order valence-electron chi connectivity index (χ0n) is 20.3. The Labute approximate surface area is 195 Å². The fraction of sp³-hybridized carbons (Fsp3) is 0.536. The summed E-state index contributed by atoms with van der Waals surface area (Å²) in [6, 6.07) is 0.488. The highest BCUT2D eigenvalue weighted by Crippen LogP contribution is 2.25. The lowest BCUT2D eigenvalue weighted by atomic mass is 10.0. The van der Waals surface area contributed by atoms with Gasteiger partial charge in [0.15, 0.2) is 0 Å². The van der Waals surface area contributed by atoms with Gasteiger partial charge in [0.05, 0.1) is 0 Å². The maximum absolute atomic E-state index is 11.4. The van der Waals surface area contributed by atoms with Crippen LogP contribution < -0.4 is 0 Å². The Morgan fingerprint density at radius 3 is 2.72 bits per heavy atom. The molecular formula is C28H41N3O. The van der Waals surface area contributed by atoms with Crippen LogP contribution in [0.1, 0.15) is 46.5 Å². The second kappa shape index (κ2) is 12.8. The van der Waals surface area contributed by atoms with Crippen molar-refractivity contribution in [2.45, 2.75) is 52.5 Å². The molecule has 1 saturated heterocycles. The van der Waals surface area contributed by atoms with E-state index in [0.717, 1.165) is 58.7 Å². The van der Waals surface area contributed by atoms with Gasteiger partial charge in [-0.1, -0.05) is 48.6 Å². The molecule has 1 aliphatic carbocycles. The van der Waals surface area contributed by atoms with Crippen molar-refractivity contribution in [3.8, 4) is 0 Å². The third-order valence-corrected chi connectivity index (χ3v) is 6.72. The first-order valence-electron chi connectivity index (χ1n) is 12.3. The fourth-order valence-corrected chi connectivity index (χ4v) is 4.68. The zero-order chi connectivity index (χ0) is 22.8. The van der Waals surface area contributed by atoms with Crippen LogP contribution in [0.15, 0.2) is 71.5 Å². The molecule has 0 N–H and O–H groups in total. The van der Waals surface area contributed by atoms with Crippen molar-refractivity contribution in [1.29, 1.82) is 0 Å². The Bertz CT molecular complexity index is 807. The van der Waals surface area contributed by atoms with Crippen LogP contribution in [0.2, 0.25) is 0 Å². The Morgan fingerprint density at radius 2 is 1.97 bits per heavy atom. The second-order valence-electron chi connectivity index (χ2n) is 9.18. The van der Waals surface area contributed by atoms with Gasteiger partial charge in [0.2, 0.25) is 0 Å². The minimum Gasteiger partial charge on any atom is -0.373 e. The Morgan fingerprint density at radius 1 is 1.16 bits per heavy atom. The molecule has 4 nitrogen and oxygen atoms in total. The van der Waals surface area contributed by atoms with Crippen molar-refractivity contribution >= 4 is 5.78 Å². The molecule has 3 aliphatic rings. The number of rotatable bonds is 10. The van der Waals surface area contributed by atoms with E-state index in [-0.39, 0.29) is 5.78 Å². The Balaban J connectivity index is 1.41. The van der Waals surface area contributed by atoms with Gasteiger partial charge < -0.3 is 14.6 Å². The molecule has 0 saturated carbocycles. The molecule has 0 spiro atoms. The molecule has 32 heavy (non-hydrogen) atoms. The molecule has 0 aromatic rings. The number of carbonyl (C=O) groups is 1. The van der Waals surface area contributed by atoms with Gasteiger partial charge in [-0.05, 0) is 63.3 Å². The van der Waals surface area contributed by atoms with Crippen LogP contribution in [0, 0.1) is 0 Å². The molecule has 0 aromatic heterocycles. The number of hydrogen-bond acceptors (Lipinski definition) is 4. The highest BCUT2D eigenvalue weighted by molar-refractivity contribution is 5.75. The molecule has 174 valence electrons. The van der Waals surface area contributed by atoms with Crippen molar-refractivity contribution in [2.24, 2.45) is 0 Å². The molecular weight excluding hydrogens is 394 g/mol. The predicted octanol–water partition coefficient (Wildman–Crippen LogP) is 4.90. The predicted molar refractivity (Wildman–Crippen MR) is 136 cm³/mol. The summed E-state index contributed by atoms with van der Waals surface area (Å²) in [6.45, 7) is 13.9. The number of allylic oxidation sites excluding steroid dienone is 7. The molecule has 1 atom stereocenters. The van der Waals surface area contributed by atoms with Crippen molar-refractivity contribution in [2.75, 3.05) is 45.8 Å². The number of carbonyl (C=O) groups excluding carboxylic acids is 1. The minimum atomic E-state index is 0.269. The molecule has 2 aliphatic heterocycles. The Hall–Kier alpha value is -2.17. The van der Waals surface area contributed by atoms with E-state index in [0.29, 0.717) is 12.5 Å². The van der Waals surface area contributed by atoms with Crippen LogP contribution in [-0.4, -0.2) is 72.3 Å². The quantitative estimate of drug-likeness (QED) is 0.488. The first-order chi connectivity index (χ1) is 15.6. The Kier molecular flexibility index (Phi) is 9.76. The summed E-state index contributed by atoms with van der Waals surface area (Å²) in [5, 5.41) is 0. The highest BCUT2D eigenvalue weighted by Gasteiger charge is 2.23. The first-order valence-corrected chi connectivity index (χ1v) is 12.3. The van der Waals surface area contributed by atoms with Crippen molar-refractivity contribution in [3.05, 3.63) is 71.5 Å². The SMILES string of the molecule is C/C=C\C=C1/CN(CCCN2CCN(C(C)C3=CC=CCC=C3)CC2)C=C1CCC(C)=O. The van der Waals surface area contributed by atoms with E-state index >= 15 is 0 Å². The lowest BCUT2D eigenvalue weighted by molar-refractivity contribution is -0.116. The summed E-state index contributed by atoms with van der Waals surface area (Å²) in [5.74, 6) is 0.269. The van der Waals surface area contributed by atoms with Gasteiger partial charge in [-0.3, -0.25) is 4.90 Å². The summed E-state index contributed by atoms with van der Waals surface area (Å²) in [4.78, 5) is 19.1. The molecule has 0 bridgehead atoms. The maximum atomic E-state index is 11.4.